The second kappa shape index (κ2) is 8.08. The van der Waals surface area contributed by atoms with Gasteiger partial charge in [0.05, 0.1) is 24.0 Å². The van der Waals surface area contributed by atoms with Gasteiger partial charge in [-0.2, -0.15) is 10.1 Å². The number of aliphatic hydroxyl groups excluding tert-OH is 1. The number of fused-ring (bicyclic) bond motifs is 2. The van der Waals surface area contributed by atoms with E-state index in [1.807, 2.05) is 23.9 Å². The van der Waals surface area contributed by atoms with Gasteiger partial charge in [0.2, 0.25) is 5.95 Å². The largest absolute Gasteiger partial charge is 0.393 e. The molecule has 10 heteroatoms. The Kier molecular flexibility index (Phi) is 5.27. The van der Waals surface area contributed by atoms with E-state index in [4.69, 9.17) is 9.97 Å². The quantitative estimate of drug-likeness (QED) is 0.632. The fourth-order valence-electron chi connectivity index (χ4n) is 4.67. The number of aliphatic hydroxyl groups is 1. The van der Waals surface area contributed by atoms with Crippen LogP contribution in [0.3, 0.4) is 0 Å². The van der Waals surface area contributed by atoms with Gasteiger partial charge in [0.1, 0.15) is 5.82 Å². The maximum Gasteiger partial charge on any atom is 0.274 e. The van der Waals surface area contributed by atoms with Crippen LogP contribution in [-0.2, 0) is 25.9 Å². The maximum atomic E-state index is 13.4. The molecule has 166 valence electrons. The number of H-pyrrole nitrogens is 1. The van der Waals surface area contributed by atoms with Crippen molar-refractivity contribution in [1.29, 1.82) is 0 Å². The third-order valence-corrected chi connectivity index (χ3v) is 6.49. The molecule has 0 aromatic carbocycles. The molecule has 1 saturated heterocycles. The molecule has 10 nitrogen and oxygen atoms in total. The second-order valence-electron chi connectivity index (χ2n) is 8.82. The Hall–Kier alpha value is -2.72. The summed E-state index contributed by atoms with van der Waals surface area (Å²) >= 11 is 0. The van der Waals surface area contributed by atoms with Crippen molar-refractivity contribution in [3.8, 4) is 0 Å². The van der Waals surface area contributed by atoms with Gasteiger partial charge in [-0.15, -0.1) is 0 Å². The zero-order valence-corrected chi connectivity index (χ0v) is 18.2. The zero-order valence-electron chi connectivity index (χ0n) is 18.2. The van der Waals surface area contributed by atoms with E-state index in [-0.39, 0.29) is 12.0 Å². The number of piperidine rings is 1. The lowest BCUT2D eigenvalue weighted by Gasteiger charge is -2.36. The summed E-state index contributed by atoms with van der Waals surface area (Å²) in [5.41, 5.74) is 4.63. The van der Waals surface area contributed by atoms with Crippen LogP contribution in [0.15, 0.2) is 0 Å². The van der Waals surface area contributed by atoms with E-state index in [1.165, 1.54) is 0 Å². The predicted molar refractivity (Wildman–Crippen MR) is 116 cm³/mol. The molecule has 0 radical (unpaired) electrons. The lowest BCUT2D eigenvalue weighted by Crippen LogP contribution is -2.41. The van der Waals surface area contributed by atoms with E-state index in [9.17, 15) is 9.90 Å². The SMILES string of the molecule is CN(C)c1nc2c(c(N3CCC(O)CC3)n1)CN(C(=O)c1n[nH]c3c1CCNC3)CC2. The lowest BCUT2D eigenvalue weighted by molar-refractivity contribution is 0.0726. The number of hydrogen-bond acceptors (Lipinski definition) is 8. The monoisotopic (exact) mass is 426 g/mol. The van der Waals surface area contributed by atoms with Crippen molar-refractivity contribution in [2.75, 3.05) is 50.1 Å². The summed E-state index contributed by atoms with van der Waals surface area (Å²) in [4.78, 5) is 29.0. The summed E-state index contributed by atoms with van der Waals surface area (Å²) < 4.78 is 0. The molecule has 1 fully saturated rings. The minimum atomic E-state index is -0.249. The number of carbonyl (C=O) groups excluding carboxylic acids is 1. The molecule has 0 atom stereocenters. The molecule has 31 heavy (non-hydrogen) atoms. The first kappa shape index (κ1) is 20.2. The number of aromatic amines is 1. The van der Waals surface area contributed by atoms with Crippen molar-refractivity contribution in [3.05, 3.63) is 28.2 Å². The topological polar surface area (TPSA) is 114 Å². The van der Waals surface area contributed by atoms with Gasteiger partial charge in [0.15, 0.2) is 5.69 Å². The number of aromatic nitrogens is 4. The molecular weight excluding hydrogens is 396 g/mol. The van der Waals surface area contributed by atoms with Gasteiger partial charge in [0.25, 0.3) is 5.91 Å². The summed E-state index contributed by atoms with van der Waals surface area (Å²) in [5.74, 6) is 1.56. The number of nitrogens with zero attached hydrogens (tertiary/aromatic N) is 6. The molecule has 2 aromatic heterocycles. The number of nitrogens with one attached hydrogen (secondary N) is 2. The van der Waals surface area contributed by atoms with E-state index in [0.29, 0.717) is 31.2 Å². The molecule has 3 aliphatic rings. The molecule has 5 rings (SSSR count). The first-order valence-electron chi connectivity index (χ1n) is 11.1. The predicted octanol–water partition coefficient (Wildman–Crippen LogP) is 0.0710. The van der Waals surface area contributed by atoms with Crippen LogP contribution >= 0.6 is 0 Å². The molecule has 0 saturated carbocycles. The van der Waals surface area contributed by atoms with Gasteiger partial charge in [-0.1, -0.05) is 0 Å². The molecular formula is C21H30N8O2. The Morgan fingerprint density at radius 1 is 1.13 bits per heavy atom. The van der Waals surface area contributed by atoms with Gasteiger partial charge in [-0.3, -0.25) is 9.89 Å². The fraction of sp³-hybridized carbons (Fsp3) is 0.619. The van der Waals surface area contributed by atoms with Gasteiger partial charge in [0, 0.05) is 57.8 Å². The standard InChI is InChI=1S/C21H30N8O2/c1-27(2)21-23-16-6-10-29(20(31)18-14-3-7-22-11-17(14)25-26-18)12-15(16)19(24-21)28-8-4-13(30)5-9-28/h13,22,30H,3-12H2,1-2H3,(H,25,26). The highest BCUT2D eigenvalue weighted by atomic mass is 16.3. The number of amides is 1. The van der Waals surface area contributed by atoms with E-state index < -0.39 is 0 Å². The summed E-state index contributed by atoms with van der Waals surface area (Å²) in [6, 6.07) is 0. The van der Waals surface area contributed by atoms with Crippen molar-refractivity contribution >= 4 is 17.7 Å². The number of hydrogen-bond donors (Lipinski definition) is 3. The number of rotatable bonds is 3. The first-order valence-corrected chi connectivity index (χ1v) is 11.1. The van der Waals surface area contributed by atoms with Crippen LogP contribution in [0, 0.1) is 0 Å². The average Bonchev–Trinajstić information content (AvgIpc) is 3.22. The van der Waals surface area contributed by atoms with Gasteiger partial charge in [-0.05, 0) is 25.8 Å². The Morgan fingerprint density at radius 3 is 2.71 bits per heavy atom. The van der Waals surface area contributed by atoms with Crippen molar-refractivity contribution in [2.24, 2.45) is 0 Å². The molecule has 0 unspecified atom stereocenters. The first-order chi connectivity index (χ1) is 15.0. The molecule has 0 bridgehead atoms. The highest BCUT2D eigenvalue weighted by molar-refractivity contribution is 5.94. The molecule has 5 heterocycles. The Labute approximate surface area is 181 Å². The van der Waals surface area contributed by atoms with Crippen LogP contribution in [-0.4, -0.2) is 82.5 Å². The second-order valence-corrected chi connectivity index (χ2v) is 8.82. The third-order valence-electron chi connectivity index (χ3n) is 6.49. The molecule has 0 spiro atoms. The smallest absolute Gasteiger partial charge is 0.274 e. The Morgan fingerprint density at radius 2 is 1.94 bits per heavy atom. The summed E-state index contributed by atoms with van der Waals surface area (Å²) in [5, 5.41) is 20.6. The van der Waals surface area contributed by atoms with Crippen LogP contribution in [0.5, 0.6) is 0 Å². The average molecular weight is 427 g/mol. The number of carbonyl (C=O) groups is 1. The Balaban J connectivity index is 1.45. The summed E-state index contributed by atoms with van der Waals surface area (Å²) in [7, 11) is 3.89. The van der Waals surface area contributed by atoms with Crippen LogP contribution in [0.2, 0.25) is 0 Å². The van der Waals surface area contributed by atoms with Crippen LogP contribution in [0.25, 0.3) is 0 Å². The normalized spacial score (nSPS) is 19.2. The fourth-order valence-corrected chi connectivity index (χ4v) is 4.67. The summed E-state index contributed by atoms with van der Waals surface area (Å²) in [6.07, 6.45) is 2.72. The van der Waals surface area contributed by atoms with E-state index in [0.717, 1.165) is 73.8 Å². The molecule has 2 aromatic rings. The molecule has 3 N–H and O–H groups in total. The third kappa shape index (κ3) is 3.74. The minimum absolute atomic E-state index is 0.0262. The Bertz CT molecular complexity index is 980. The van der Waals surface area contributed by atoms with Crippen LogP contribution in [0.4, 0.5) is 11.8 Å². The minimum Gasteiger partial charge on any atom is -0.393 e. The van der Waals surface area contributed by atoms with E-state index >= 15 is 0 Å². The van der Waals surface area contributed by atoms with Crippen LogP contribution in [0.1, 0.15) is 45.8 Å². The highest BCUT2D eigenvalue weighted by Crippen LogP contribution is 2.31. The van der Waals surface area contributed by atoms with Crippen molar-refractivity contribution < 1.29 is 9.90 Å². The van der Waals surface area contributed by atoms with Gasteiger partial charge >= 0.3 is 0 Å². The van der Waals surface area contributed by atoms with Crippen molar-refractivity contribution in [2.45, 2.75) is 44.9 Å². The zero-order chi connectivity index (χ0) is 21.5. The van der Waals surface area contributed by atoms with Crippen LogP contribution < -0.4 is 15.1 Å². The molecule has 1 amide bonds. The molecule has 0 aliphatic carbocycles. The van der Waals surface area contributed by atoms with E-state index in [1.54, 1.807) is 0 Å². The van der Waals surface area contributed by atoms with Crippen molar-refractivity contribution in [3.63, 3.8) is 0 Å². The maximum absolute atomic E-state index is 13.4. The van der Waals surface area contributed by atoms with Crippen molar-refractivity contribution in [1.82, 2.24) is 30.4 Å². The van der Waals surface area contributed by atoms with Gasteiger partial charge < -0.3 is 25.1 Å². The highest BCUT2D eigenvalue weighted by Gasteiger charge is 2.32. The summed E-state index contributed by atoms with van der Waals surface area (Å²) in [6.45, 7) is 4.20. The van der Waals surface area contributed by atoms with E-state index in [2.05, 4.69) is 20.4 Å². The number of anilines is 2. The molecule has 3 aliphatic heterocycles. The van der Waals surface area contributed by atoms with Gasteiger partial charge in [-0.25, -0.2) is 4.98 Å². The lowest BCUT2D eigenvalue weighted by atomic mass is 10.0.